The number of likely N-dealkylation sites (N-methyl/N-ethyl adjacent to an activating group) is 1. The van der Waals surface area contributed by atoms with Gasteiger partial charge in [0.05, 0.1) is 6.20 Å². The molecule has 0 amide bonds. The van der Waals surface area contributed by atoms with Crippen LogP contribution in [0.1, 0.15) is 31.7 Å². The van der Waals surface area contributed by atoms with E-state index in [0.29, 0.717) is 25.1 Å². The van der Waals surface area contributed by atoms with Gasteiger partial charge in [-0.2, -0.15) is 0 Å². The fraction of sp³-hybridized carbons (Fsp3) is 0.667. The van der Waals surface area contributed by atoms with Gasteiger partial charge in [-0.15, -0.1) is 0 Å². The van der Waals surface area contributed by atoms with E-state index in [2.05, 4.69) is 22.2 Å². The summed E-state index contributed by atoms with van der Waals surface area (Å²) in [6, 6.07) is 1.93. The van der Waals surface area contributed by atoms with Crippen LogP contribution in [0.15, 0.2) is 12.3 Å². The third-order valence-electron chi connectivity index (χ3n) is 3.79. The molecule has 2 heterocycles. The van der Waals surface area contributed by atoms with E-state index in [1.807, 2.05) is 6.92 Å². The molecule has 4 nitrogen and oxygen atoms in total. The normalized spacial score (nSPS) is 20.1. The maximum atomic E-state index is 13.3. The van der Waals surface area contributed by atoms with E-state index in [9.17, 15) is 4.39 Å². The summed E-state index contributed by atoms with van der Waals surface area (Å²) >= 11 is 0. The van der Waals surface area contributed by atoms with Crippen molar-refractivity contribution < 1.29 is 9.13 Å². The third-order valence-corrected chi connectivity index (χ3v) is 3.79. The first-order valence-corrected chi connectivity index (χ1v) is 7.39. The van der Waals surface area contributed by atoms with Gasteiger partial charge in [-0.1, -0.05) is 13.3 Å². The van der Waals surface area contributed by atoms with Gasteiger partial charge in [0, 0.05) is 18.2 Å². The predicted octanol–water partition coefficient (Wildman–Crippen LogP) is 2.19. The highest BCUT2D eigenvalue weighted by molar-refractivity contribution is 5.26. The Morgan fingerprint density at radius 1 is 1.50 bits per heavy atom. The summed E-state index contributed by atoms with van der Waals surface area (Å²) in [5, 5.41) is 3.18. The molecule has 1 aromatic heterocycles. The number of nitrogens with one attached hydrogen (secondary N) is 1. The van der Waals surface area contributed by atoms with Gasteiger partial charge in [-0.3, -0.25) is 0 Å². The van der Waals surface area contributed by atoms with E-state index in [0.717, 1.165) is 25.1 Å². The lowest BCUT2D eigenvalue weighted by Crippen LogP contribution is -2.40. The van der Waals surface area contributed by atoms with Crippen LogP contribution in [0.3, 0.4) is 0 Å². The highest BCUT2D eigenvalue weighted by atomic mass is 19.1. The maximum Gasteiger partial charge on any atom is 0.218 e. The highest BCUT2D eigenvalue weighted by Crippen LogP contribution is 2.19. The van der Waals surface area contributed by atoms with Gasteiger partial charge in [-0.25, -0.2) is 9.37 Å². The Labute approximate surface area is 120 Å². The van der Waals surface area contributed by atoms with Crippen LogP contribution in [0.25, 0.3) is 0 Å². The number of hydrogen-bond acceptors (Lipinski definition) is 4. The van der Waals surface area contributed by atoms with Gasteiger partial charge in [0.25, 0.3) is 0 Å². The maximum absolute atomic E-state index is 13.3. The number of aromatic nitrogens is 1. The summed E-state index contributed by atoms with van der Waals surface area (Å²) in [4.78, 5) is 6.42. The minimum Gasteiger partial charge on any atom is -0.476 e. The van der Waals surface area contributed by atoms with Gasteiger partial charge >= 0.3 is 0 Å². The lowest BCUT2D eigenvalue weighted by atomic mass is 10.0. The third kappa shape index (κ3) is 4.15. The minimum absolute atomic E-state index is 0.319. The Kier molecular flexibility index (Phi) is 5.73. The number of rotatable bonds is 6. The molecule has 0 aliphatic carbocycles. The molecule has 0 saturated carbocycles. The van der Waals surface area contributed by atoms with Crippen molar-refractivity contribution in [2.45, 2.75) is 38.8 Å². The fourth-order valence-electron chi connectivity index (χ4n) is 2.51. The summed E-state index contributed by atoms with van der Waals surface area (Å²) in [6.45, 7) is 5.17. The first-order chi connectivity index (χ1) is 9.70. The zero-order chi connectivity index (χ0) is 14.4. The van der Waals surface area contributed by atoms with Gasteiger partial charge in [0.2, 0.25) is 5.88 Å². The molecule has 1 N–H and O–H groups in total. The van der Waals surface area contributed by atoms with E-state index in [1.165, 1.54) is 25.1 Å². The van der Waals surface area contributed by atoms with Gasteiger partial charge < -0.3 is 15.0 Å². The molecule has 1 atom stereocenters. The monoisotopic (exact) mass is 281 g/mol. The average Bonchev–Trinajstić information content (AvgIpc) is 2.45. The van der Waals surface area contributed by atoms with E-state index in [4.69, 9.17) is 4.74 Å². The van der Waals surface area contributed by atoms with E-state index < -0.39 is 0 Å². The van der Waals surface area contributed by atoms with E-state index in [-0.39, 0.29) is 5.82 Å². The van der Waals surface area contributed by atoms with Crippen LogP contribution in [0.2, 0.25) is 0 Å². The van der Waals surface area contributed by atoms with Crippen molar-refractivity contribution in [1.29, 1.82) is 0 Å². The molecule has 1 aromatic rings. The Bertz CT molecular complexity index is 428. The first-order valence-electron chi connectivity index (χ1n) is 7.39. The molecule has 1 fully saturated rings. The van der Waals surface area contributed by atoms with Crippen LogP contribution in [0, 0.1) is 5.82 Å². The second-order valence-corrected chi connectivity index (χ2v) is 5.34. The molecule has 1 unspecified atom stereocenters. The number of halogens is 1. The molecule has 5 heteroatoms. The van der Waals surface area contributed by atoms with E-state index in [1.54, 1.807) is 0 Å². The Morgan fingerprint density at radius 2 is 2.35 bits per heavy atom. The molecule has 1 aliphatic rings. The zero-order valence-electron chi connectivity index (χ0n) is 12.4. The number of likely N-dealkylation sites (tertiary alicyclic amines) is 1. The summed E-state index contributed by atoms with van der Waals surface area (Å²) < 4.78 is 19.1. The van der Waals surface area contributed by atoms with Crippen LogP contribution in [-0.4, -0.2) is 42.7 Å². The molecule has 0 radical (unpaired) electrons. The van der Waals surface area contributed by atoms with Crippen LogP contribution < -0.4 is 10.1 Å². The summed E-state index contributed by atoms with van der Waals surface area (Å²) in [6.07, 6.45) is 4.88. The first kappa shape index (κ1) is 15.2. The van der Waals surface area contributed by atoms with Gasteiger partial charge in [-0.05, 0) is 39.0 Å². The fourth-order valence-corrected chi connectivity index (χ4v) is 2.51. The van der Waals surface area contributed by atoms with Gasteiger partial charge in [0.15, 0.2) is 0 Å². The topological polar surface area (TPSA) is 37.4 Å². The predicted molar refractivity (Wildman–Crippen MR) is 77.3 cm³/mol. The van der Waals surface area contributed by atoms with Crippen LogP contribution in [0.4, 0.5) is 4.39 Å². The van der Waals surface area contributed by atoms with E-state index >= 15 is 0 Å². The smallest absolute Gasteiger partial charge is 0.218 e. The standard InChI is InChI=1S/C15H24FN3O/c1-3-17-9-12-8-13(16)10-18-15(12)20-11-14-6-4-5-7-19(14)2/h8,10,14,17H,3-7,9,11H2,1-2H3. The largest absolute Gasteiger partial charge is 0.476 e. The quantitative estimate of drug-likeness (QED) is 0.867. The summed E-state index contributed by atoms with van der Waals surface area (Å²) in [7, 11) is 2.13. The Balaban J connectivity index is 1.97. The number of pyridine rings is 1. The molecule has 0 bridgehead atoms. The van der Waals surface area contributed by atoms with Crippen molar-refractivity contribution in [2.24, 2.45) is 0 Å². The Hall–Kier alpha value is -1.20. The van der Waals surface area contributed by atoms with Gasteiger partial charge in [0.1, 0.15) is 12.4 Å². The molecule has 1 saturated heterocycles. The summed E-state index contributed by atoms with van der Waals surface area (Å²) in [5.74, 6) is 0.228. The lowest BCUT2D eigenvalue weighted by molar-refractivity contribution is 0.122. The molecular weight excluding hydrogens is 257 g/mol. The number of nitrogens with zero attached hydrogens (tertiary/aromatic N) is 2. The van der Waals surface area contributed by atoms with Crippen LogP contribution in [0.5, 0.6) is 5.88 Å². The minimum atomic E-state index is -0.319. The molecule has 0 spiro atoms. The number of ether oxygens (including phenoxy) is 1. The number of piperidine rings is 1. The molecule has 20 heavy (non-hydrogen) atoms. The van der Waals surface area contributed by atoms with Crippen LogP contribution >= 0.6 is 0 Å². The molecular formula is C15H24FN3O. The Morgan fingerprint density at radius 3 is 3.10 bits per heavy atom. The van der Waals surface area contributed by atoms with Crippen molar-refractivity contribution in [3.63, 3.8) is 0 Å². The van der Waals surface area contributed by atoms with Crippen molar-refractivity contribution in [1.82, 2.24) is 15.2 Å². The molecule has 1 aliphatic heterocycles. The number of hydrogen-bond donors (Lipinski definition) is 1. The SMILES string of the molecule is CCNCc1cc(F)cnc1OCC1CCCCN1C. The lowest BCUT2D eigenvalue weighted by Gasteiger charge is -2.32. The van der Waals surface area contributed by atoms with Crippen molar-refractivity contribution in [2.75, 3.05) is 26.7 Å². The highest BCUT2D eigenvalue weighted by Gasteiger charge is 2.20. The second-order valence-electron chi connectivity index (χ2n) is 5.34. The second kappa shape index (κ2) is 7.55. The molecule has 0 aromatic carbocycles. The molecule has 2 rings (SSSR count). The average molecular weight is 281 g/mol. The summed E-state index contributed by atoms with van der Waals surface area (Å²) in [5.41, 5.74) is 0.783. The van der Waals surface area contributed by atoms with Crippen molar-refractivity contribution in [3.8, 4) is 5.88 Å². The van der Waals surface area contributed by atoms with Crippen LogP contribution in [-0.2, 0) is 6.54 Å². The van der Waals surface area contributed by atoms with Crippen molar-refractivity contribution in [3.05, 3.63) is 23.6 Å². The van der Waals surface area contributed by atoms with Crippen molar-refractivity contribution >= 4 is 0 Å². The molecule has 112 valence electrons. The zero-order valence-corrected chi connectivity index (χ0v) is 12.4.